The fraction of sp³-hybridized carbons (Fsp3) is 0.429. The Labute approximate surface area is 144 Å². The smallest absolute Gasteiger partial charge is 0.214 e. The van der Waals surface area contributed by atoms with Crippen molar-refractivity contribution >= 4 is 35.4 Å². The Morgan fingerprint density at radius 2 is 2.14 bits per heavy atom. The number of rotatable bonds is 7. The minimum Gasteiger partial charge on any atom is -0.492 e. The van der Waals surface area contributed by atoms with Crippen molar-refractivity contribution in [3.05, 3.63) is 38.3 Å². The van der Waals surface area contributed by atoms with Crippen molar-refractivity contribution in [3.63, 3.8) is 0 Å². The molecule has 120 valence electrons. The van der Waals surface area contributed by atoms with E-state index < -0.39 is 0 Å². The number of ether oxygens (including phenoxy) is 1. The standard InChI is InChI=1S/C14H18Cl2N4OS/c1-3-5-12-18-19-14(22)20(12)17-8-9-6-10(15)7-11(16)13(9)21-4-2/h6-7,17H,3-5,8H2,1-2H3,(H,19,22). The first-order valence-electron chi connectivity index (χ1n) is 7.07. The minimum atomic E-state index is 0.472. The van der Waals surface area contributed by atoms with Crippen LogP contribution in [0.4, 0.5) is 0 Å². The van der Waals surface area contributed by atoms with Crippen LogP contribution in [0, 0.1) is 4.77 Å². The fourth-order valence-corrected chi connectivity index (χ4v) is 2.90. The lowest BCUT2D eigenvalue weighted by molar-refractivity contribution is 0.337. The largest absolute Gasteiger partial charge is 0.492 e. The highest BCUT2D eigenvalue weighted by molar-refractivity contribution is 7.71. The molecule has 2 rings (SSSR count). The maximum atomic E-state index is 6.20. The molecule has 8 heteroatoms. The molecule has 0 fully saturated rings. The van der Waals surface area contributed by atoms with Crippen molar-refractivity contribution in [2.24, 2.45) is 0 Å². The number of aryl methyl sites for hydroxylation is 1. The highest BCUT2D eigenvalue weighted by Gasteiger charge is 2.12. The van der Waals surface area contributed by atoms with Crippen LogP contribution in [-0.4, -0.2) is 21.5 Å². The second-order valence-corrected chi connectivity index (χ2v) is 5.90. The zero-order valence-electron chi connectivity index (χ0n) is 12.4. The molecule has 0 spiro atoms. The van der Waals surface area contributed by atoms with Gasteiger partial charge in [-0.1, -0.05) is 30.1 Å². The van der Waals surface area contributed by atoms with E-state index in [4.69, 9.17) is 40.2 Å². The van der Waals surface area contributed by atoms with E-state index in [2.05, 4.69) is 22.5 Å². The summed E-state index contributed by atoms with van der Waals surface area (Å²) in [5.74, 6) is 1.49. The van der Waals surface area contributed by atoms with Crippen LogP contribution in [0.2, 0.25) is 10.0 Å². The summed E-state index contributed by atoms with van der Waals surface area (Å²) in [7, 11) is 0. The molecule has 0 saturated carbocycles. The fourth-order valence-electron chi connectivity index (χ4n) is 2.10. The van der Waals surface area contributed by atoms with E-state index >= 15 is 0 Å². The summed E-state index contributed by atoms with van der Waals surface area (Å²) < 4.78 is 7.90. The molecule has 0 saturated heterocycles. The molecule has 0 atom stereocenters. The van der Waals surface area contributed by atoms with E-state index in [1.54, 1.807) is 10.7 Å². The van der Waals surface area contributed by atoms with Gasteiger partial charge in [0.2, 0.25) is 4.77 Å². The third-order valence-corrected chi connectivity index (χ3v) is 3.79. The number of H-pyrrole nitrogens is 1. The number of nitrogens with zero attached hydrogens (tertiary/aromatic N) is 2. The number of benzene rings is 1. The van der Waals surface area contributed by atoms with Gasteiger partial charge in [-0.2, -0.15) is 5.10 Å². The first kappa shape index (κ1) is 17.1. The van der Waals surface area contributed by atoms with Crippen LogP contribution in [0.25, 0.3) is 0 Å². The lowest BCUT2D eigenvalue weighted by atomic mass is 10.2. The van der Waals surface area contributed by atoms with Crippen molar-refractivity contribution in [3.8, 4) is 5.75 Å². The number of nitrogens with one attached hydrogen (secondary N) is 2. The summed E-state index contributed by atoms with van der Waals surface area (Å²) >= 11 is 17.5. The van der Waals surface area contributed by atoms with Crippen LogP contribution < -0.4 is 10.2 Å². The summed E-state index contributed by atoms with van der Waals surface area (Å²) in [5, 5.41) is 8.06. The van der Waals surface area contributed by atoms with Gasteiger partial charge in [-0.15, -0.1) is 0 Å². The van der Waals surface area contributed by atoms with Crippen molar-refractivity contribution in [2.45, 2.75) is 33.2 Å². The molecule has 0 unspecified atom stereocenters. The minimum absolute atomic E-state index is 0.472. The monoisotopic (exact) mass is 360 g/mol. The first-order valence-corrected chi connectivity index (χ1v) is 8.24. The predicted octanol–water partition coefficient (Wildman–Crippen LogP) is 4.34. The zero-order valence-corrected chi connectivity index (χ0v) is 14.8. The molecule has 0 amide bonds. The van der Waals surface area contributed by atoms with Gasteiger partial charge in [-0.25, -0.2) is 4.68 Å². The molecule has 0 aliphatic heterocycles. The predicted molar refractivity (Wildman–Crippen MR) is 92.1 cm³/mol. The summed E-state index contributed by atoms with van der Waals surface area (Å²) in [4.78, 5) is 0. The summed E-state index contributed by atoms with van der Waals surface area (Å²) in [5.41, 5.74) is 4.10. The van der Waals surface area contributed by atoms with Crippen molar-refractivity contribution in [1.82, 2.24) is 14.9 Å². The molecule has 1 aromatic carbocycles. The Morgan fingerprint density at radius 3 is 2.82 bits per heavy atom. The van der Waals surface area contributed by atoms with Crippen molar-refractivity contribution in [2.75, 3.05) is 12.0 Å². The molecular weight excluding hydrogens is 343 g/mol. The average Bonchev–Trinajstić information content (AvgIpc) is 2.81. The summed E-state index contributed by atoms with van der Waals surface area (Å²) in [6.07, 6.45) is 1.81. The van der Waals surface area contributed by atoms with Gasteiger partial charge in [0.15, 0.2) is 5.82 Å². The average molecular weight is 361 g/mol. The molecule has 0 aliphatic carbocycles. The van der Waals surface area contributed by atoms with Crippen LogP contribution in [0.1, 0.15) is 31.7 Å². The van der Waals surface area contributed by atoms with Crippen molar-refractivity contribution < 1.29 is 4.74 Å². The van der Waals surface area contributed by atoms with E-state index in [0.29, 0.717) is 33.7 Å². The van der Waals surface area contributed by atoms with E-state index in [0.717, 1.165) is 24.2 Å². The molecular formula is C14H18Cl2N4OS. The van der Waals surface area contributed by atoms with Gasteiger partial charge in [0.05, 0.1) is 18.2 Å². The summed E-state index contributed by atoms with van der Waals surface area (Å²) in [6, 6.07) is 3.50. The van der Waals surface area contributed by atoms with Gasteiger partial charge in [0.25, 0.3) is 0 Å². The molecule has 0 radical (unpaired) electrons. The molecule has 0 aliphatic rings. The molecule has 5 nitrogen and oxygen atoms in total. The second kappa shape index (κ2) is 7.85. The Balaban J connectivity index is 2.25. The quantitative estimate of drug-likeness (QED) is 0.721. The topological polar surface area (TPSA) is 54.9 Å². The van der Waals surface area contributed by atoms with E-state index in [1.807, 2.05) is 13.0 Å². The normalized spacial score (nSPS) is 10.7. The molecule has 0 bridgehead atoms. The second-order valence-electron chi connectivity index (χ2n) is 4.67. The highest BCUT2D eigenvalue weighted by atomic mass is 35.5. The van der Waals surface area contributed by atoms with E-state index in [-0.39, 0.29) is 0 Å². The number of halogens is 2. The van der Waals surface area contributed by atoms with E-state index in [9.17, 15) is 0 Å². The Morgan fingerprint density at radius 1 is 1.36 bits per heavy atom. The molecule has 1 aromatic heterocycles. The van der Waals surface area contributed by atoms with Gasteiger partial charge >= 0.3 is 0 Å². The lowest BCUT2D eigenvalue weighted by Crippen LogP contribution is -2.18. The summed E-state index contributed by atoms with van der Waals surface area (Å²) in [6.45, 7) is 5.00. The van der Waals surface area contributed by atoms with Crippen LogP contribution >= 0.6 is 35.4 Å². The maximum Gasteiger partial charge on any atom is 0.214 e. The number of aromatic amines is 1. The van der Waals surface area contributed by atoms with Gasteiger partial charge in [0.1, 0.15) is 5.75 Å². The Bertz CT molecular complexity index is 699. The van der Waals surface area contributed by atoms with E-state index in [1.165, 1.54) is 0 Å². The van der Waals surface area contributed by atoms with Gasteiger partial charge in [-0.3, -0.25) is 5.10 Å². The van der Waals surface area contributed by atoms with Crippen LogP contribution in [0.15, 0.2) is 12.1 Å². The zero-order chi connectivity index (χ0) is 16.1. The third kappa shape index (κ3) is 3.94. The SMILES string of the molecule is CCCc1n[nH]c(=S)n1NCc1cc(Cl)cc(Cl)c1OCC. The highest BCUT2D eigenvalue weighted by Crippen LogP contribution is 2.32. The Hall–Kier alpha value is -1.24. The Kier molecular flexibility index (Phi) is 6.11. The number of aromatic nitrogens is 3. The molecule has 1 heterocycles. The molecule has 2 N–H and O–H groups in total. The molecule has 22 heavy (non-hydrogen) atoms. The van der Waals surface area contributed by atoms with Gasteiger partial charge in [-0.05, 0) is 37.7 Å². The maximum absolute atomic E-state index is 6.20. The third-order valence-electron chi connectivity index (χ3n) is 3.02. The van der Waals surface area contributed by atoms with Crippen LogP contribution in [0.3, 0.4) is 0 Å². The van der Waals surface area contributed by atoms with Gasteiger partial charge in [0, 0.05) is 17.0 Å². The number of hydrogen-bond donors (Lipinski definition) is 2. The lowest BCUT2D eigenvalue weighted by Gasteiger charge is -2.15. The van der Waals surface area contributed by atoms with Crippen molar-refractivity contribution in [1.29, 1.82) is 0 Å². The first-order chi connectivity index (χ1) is 10.6. The number of hydrogen-bond acceptors (Lipinski definition) is 4. The van der Waals surface area contributed by atoms with Crippen LogP contribution in [0.5, 0.6) is 5.75 Å². The van der Waals surface area contributed by atoms with Crippen LogP contribution in [-0.2, 0) is 13.0 Å². The molecule has 2 aromatic rings. The van der Waals surface area contributed by atoms with Gasteiger partial charge < -0.3 is 10.2 Å².